The van der Waals surface area contributed by atoms with Crippen molar-refractivity contribution >= 4 is 46.3 Å². The Balaban J connectivity index is 2.34. The van der Waals surface area contributed by atoms with Crippen LogP contribution in [0.2, 0.25) is 0 Å². The third-order valence-corrected chi connectivity index (χ3v) is 4.90. The number of amides is 1. The first-order valence-electron chi connectivity index (χ1n) is 7.72. The summed E-state index contributed by atoms with van der Waals surface area (Å²) in [5.74, 6) is -1.47. The summed E-state index contributed by atoms with van der Waals surface area (Å²) in [5, 5.41) is 19.2. The Morgan fingerprint density at radius 2 is 2.12 bits per heavy atom. The molecule has 1 aromatic carbocycles. The summed E-state index contributed by atoms with van der Waals surface area (Å²) in [4.78, 5) is 25.7. The monoisotopic (exact) mass is 381 g/mol. The molecule has 2 N–H and O–H groups in total. The van der Waals surface area contributed by atoms with Crippen LogP contribution in [0.3, 0.4) is 0 Å². The third kappa shape index (κ3) is 4.13. The van der Waals surface area contributed by atoms with Gasteiger partial charge in [-0.15, -0.1) is 0 Å². The molecule has 0 radical (unpaired) electrons. The highest BCUT2D eigenvalue weighted by molar-refractivity contribution is 8.26. The quantitative estimate of drug-likeness (QED) is 0.578. The Hall–Kier alpha value is -2.06. The zero-order chi connectivity index (χ0) is 18.7. The number of nitrogens with zero attached hydrogens (tertiary/aromatic N) is 1. The SMILES string of the molecule is CCOc1cc(/C=C2\SC(=S)N([C@H](C(=O)O)C(C)C)C2=O)ccc1O. The molecule has 2 rings (SSSR count). The van der Waals surface area contributed by atoms with Crippen molar-refractivity contribution in [1.82, 2.24) is 4.90 Å². The lowest BCUT2D eigenvalue weighted by atomic mass is 10.0. The van der Waals surface area contributed by atoms with Crippen molar-refractivity contribution in [3.05, 3.63) is 28.7 Å². The summed E-state index contributed by atoms with van der Waals surface area (Å²) in [7, 11) is 0. The second-order valence-electron chi connectivity index (χ2n) is 5.74. The van der Waals surface area contributed by atoms with Gasteiger partial charge in [-0.25, -0.2) is 4.79 Å². The number of benzene rings is 1. The molecule has 0 unspecified atom stereocenters. The molecule has 1 fully saturated rings. The van der Waals surface area contributed by atoms with Crippen molar-refractivity contribution < 1.29 is 24.5 Å². The Labute approximate surface area is 155 Å². The molecule has 0 aliphatic carbocycles. The maximum atomic E-state index is 12.7. The van der Waals surface area contributed by atoms with Crippen LogP contribution in [-0.2, 0) is 9.59 Å². The predicted octanol–water partition coefficient (Wildman–Crippen LogP) is 3.10. The van der Waals surface area contributed by atoms with Gasteiger partial charge in [0.2, 0.25) is 0 Å². The maximum Gasteiger partial charge on any atom is 0.327 e. The number of ether oxygens (including phenoxy) is 1. The number of aromatic hydroxyl groups is 1. The number of thioether (sulfide) groups is 1. The Kier molecular flexibility index (Phi) is 6.07. The summed E-state index contributed by atoms with van der Waals surface area (Å²) in [6, 6.07) is 3.73. The van der Waals surface area contributed by atoms with Gasteiger partial charge >= 0.3 is 5.97 Å². The van der Waals surface area contributed by atoms with E-state index in [9.17, 15) is 19.8 Å². The number of carboxylic acids is 1. The van der Waals surface area contributed by atoms with E-state index >= 15 is 0 Å². The van der Waals surface area contributed by atoms with E-state index in [-0.39, 0.29) is 16.0 Å². The smallest absolute Gasteiger partial charge is 0.327 e. The number of hydrogen-bond acceptors (Lipinski definition) is 6. The van der Waals surface area contributed by atoms with Crippen molar-refractivity contribution in [2.45, 2.75) is 26.8 Å². The van der Waals surface area contributed by atoms with Gasteiger partial charge in [0.25, 0.3) is 5.91 Å². The van der Waals surface area contributed by atoms with Crippen LogP contribution in [0, 0.1) is 5.92 Å². The van der Waals surface area contributed by atoms with Gasteiger partial charge in [0.05, 0.1) is 11.5 Å². The molecule has 0 bridgehead atoms. The molecule has 1 saturated heterocycles. The molecule has 0 spiro atoms. The second-order valence-corrected chi connectivity index (χ2v) is 7.41. The topological polar surface area (TPSA) is 87.1 Å². The molecular formula is C17H19NO5S2. The first-order valence-corrected chi connectivity index (χ1v) is 8.94. The van der Waals surface area contributed by atoms with Gasteiger partial charge in [0, 0.05) is 0 Å². The van der Waals surface area contributed by atoms with E-state index in [1.807, 2.05) is 0 Å². The molecule has 1 aliphatic heterocycles. The van der Waals surface area contributed by atoms with E-state index in [0.717, 1.165) is 16.7 Å². The van der Waals surface area contributed by atoms with Crippen molar-refractivity contribution in [2.75, 3.05) is 6.61 Å². The highest BCUT2D eigenvalue weighted by atomic mass is 32.2. The van der Waals surface area contributed by atoms with Crippen LogP contribution in [0.5, 0.6) is 11.5 Å². The predicted molar refractivity (Wildman–Crippen MR) is 101 cm³/mol. The van der Waals surface area contributed by atoms with Gasteiger partial charge in [-0.3, -0.25) is 9.69 Å². The zero-order valence-corrected chi connectivity index (χ0v) is 15.7. The van der Waals surface area contributed by atoms with Gasteiger partial charge in [-0.05, 0) is 36.6 Å². The third-order valence-electron chi connectivity index (χ3n) is 3.57. The number of aliphatic carboxylic acids is 1. The van der Waals surface area contributed by atoms with Crippen LogP contribution in [0.1, 0.15) is 26.3 Å². The van der Waals surface area contributed by atoms with E-state index < -0.39 is 17.9 Å². The minimum absolute atomic E-state index is 0.0114. The van der Waals surface area contributed by atoms with E-state index in [1.54, 1.807) is 39.0 Å². The molecule has 25 heavy (non-hydrogen) atoms. The van der Waals surface area contributed by atoms with Crippen molar-refractivity contribution in [1.29, 1.82) is 0 Å². The molecule has 0 aromatic heterocycles. The number of thiocarbonyl (C=S) groups is 1. The Morgan fingerprint density at radius 3 is 2.68 bits per heavy atom. The van der Waals surface area contributed by atoms with E-state index in [1.165, 1.54) is 6.07 Å². The number of rotatable bonds is 6. The van der Waals surface area contributed by atoms with Crippen LogP contribution in [0.4, 0.5) is 0 Å². The molecule has 6 nitrogen and oxygen atoms in total. The van der Waals surface area contributed by atoms with Gasteiger partial charge in [0.1, 0.15) is 10.4 Å². The van der Waals surface area contributed by atoms with Crippen LogP contribution in [-0.4, -0.2) is 44.0 Å². The van der Waals surface area contributed by atoms with Crippen molar-refractivity contribution in [2.24, 2.45) is 5.92 Å². The van der Waals surface area contributed by atoms with E-state index in [0.29, 0.717) is 22.8 Å². The number of phenols is 1. The van der Waals surface area contributed by atoms with Crippen molar-refractivity contribution in [3.8, 4) is 11.5 Å². The minimum Gasteiger partial charge on any atom is -0.504 e. The van der Waals surface area contributed by atoms with Crippen LogP contribution < -0.4 is 4.74 Å². The minimum atomic E-state index is -1.09. The summed E-state index contributed by atoms with van der Waals surface area (Å²) >= 11 is 6.28. The summed E-state index contributed by atoms with van der Waals surface area (Å²) in [6.07, 6.45) is 1.61. The normalized spacial score (nSPS) is 17.4. The maximum absolute atomic E-state index is 12.7. The number of carbonyl (C=O) groups is 2. The highest BCUT2D eigenvalue weighted by Gasteiger charge is 2.41. The molecule has 1 atom stereocenters. The first-order chi connectivity index (χ1) is 11.8. The fourth-order valence-corrected chi connectivity index (χ4v) is 3.79. The summed E-state index contributed by atoms with van der Waals surface area (Å²) in [6.45, 7) is 5.66. The standard InChI is InChI=1S/C17H19NO5S2/c1-4-23-12-7-10(5-6-11(12)19)8-13-15(20)18(17(24)25-13)14(9(2)3)16(21)22/h5-9,14,19H,4H2,1-3H3,(H,21,22)/b13-8-/t14-/m0/s1. The van der Waals surface area contributed by atoms with Gasteiger partial charge < -0.3 is 14.9 Å². The molecule has 8 heteroatoms. The Bertz CT molecular complexity index is 745. The van der Waals surface area contributed by atoms with Crippen LogP contribution in [0.25, 0.3) is 6.08 Å². The Morgan fingerprint density at radius 1 is 1.44 bits per heavy atom. The van der Waals surface area contributed by atoms with Crippen LogP contribution >= 0.6 is 24.0 Å². The average Bonchev–Trinajstić information content (AvgIpc) is 2.78. The number of carbonyl (C=O) groups excluding carboxylic acids is 1. The van der Waals surface area contributed by atoms with Gasteiger partial charge in [0.15, 0.2) is 11.5 Å². The molecule has 1 aromatic rings. The van der Waals surface area contributed by atoms with Crippen molar-refractivity contribution in [3.63, 3.8) is 0 Å². The summed E-state index contributed by atoms with van der Waals surface area (Å²) < 4.78 is 5.55. The fourth-order valence-electron chi connectivity index (χ4n) is 2.46. The van der Waals surface area contributed by atoms with Crippen LogP contribution in [0.15, 0.2) is 23.1 Å². The van der Waals surface area contributed by atoms with Gasteiger partial charge in [-0.2, -0.15) is 0 Å². The summed E-state index contributed by atoms with van der Waals surface area (Å²) in [5.41, 5.74) is 0.651. The van der Waals surface area contributed by atoms with E-state index in [2.05, 4.69) is 0 Å². The molecule has 0 saturated carbocycles. The zero-order valence-electron chi connectivity index (χ0n) is 14.1. The highest BCUT2D eigenvalue weighted by Crippen LogP contribution is 2.36. The molecule has 134 valence electrons. The molecular weight excluding hydrogens is 362 g/mol. The first kappa shape index (κ1) is 19.3. The lowest BCUT2D eigenvalue weighted by Crippen LogP contribution is -2.47. The largest absolute Gasteiger partial charge is 0.504 e. The molecule has 1 amide bonds. The molecule has 1 heterocycles. The van der Waals surface area contributed by atoms with E-state index in [4.69, 9.17) is 17.0 Å². The number of carboxylic acid groups (broad SMARTS) is 1. The second kappa shape index (κ2) is 7.88. The number of phenolic OH excluding ortho intramolecular Hbond substituents is 1. The molecule has 1 aliphatic rings. The lowest BCUT2D eigenvalue weighted by molar-refractivity contribution is -0.146. The number of hydrogen-bond donors (Lipinski definition) is 2. The fraction of sp³-hybridized carbons (Fsp3) is 0.353. The van der Waals surface area contributed by atoms with Gasteiger partial charge in [-0.1, -0.05) is 43.9 Å². The lowest BCUT2D eigenvalue weighted by Gasteiger charge is -2.26. The average molecular weight is 381 g/mol.